The second kappa shape index (κ2) is 10.7. The molecule has 3 nitrogen and oxygen atoms in total. The minimum absolute atomic E-state index is 0.190. The normalized spacial score (nSPS) is 14.1. The Morgan fingerprint density at radius 3 is 2.76 bits per heavy atom. The zero-order valence-electron chi connectivity index (χ0n) is 13.1. The number of ether oxygens (including phenoxy) is 1. The number of aliphatic hydroxyl groups is 1. The standard InChI is InChI=1S/C17H28FNO2/c1-3-4-5-8-14(2)19-11-16(20)13-21-12-15-9-6-7-10-17(15)18/h6-7,9-10,14,16,19-20H,3-5,8,11-13H2,1-2H3. The predicted molar refractivity (Wildman–Crippen MR) is 83.7 cm³/mol. The lowest BCUT2D eigenvalue weighted by Crippen LogP contribution is -2.35. The van der Waals surface area contributed by atoms with E-state index in [0.717, 1.165) is 6.42 Å². The lowest BCUT2D eigenvalue weighted by Gasteiger charge is -2.17. The van der Waals surface area contributed by atoms with Crippen LogP contribution in [0.3, 0.4) is 0 Å². The summed E-state index contributed by atoms with van der Waals surface area (Å²) in [5, 5.41) is 13.1. The Morgan fingerprint density at radius 2 is 2.05 bits per heavy atom. The molecule has 0 aromatic heterocycles. The molecule has 2 N–H and O–H groups in total. The van der Waals surface area contributed by atoms with Crippen LogP contribution in [0.15, 0.2) is 24.3 Å². The average Bonchev–Trinajstić information content (AvgIpc) is 2.47. The van der Waals surface area contributed by atoms with Crippen molar-refractivity contribution in [3.8, 4) is 0 Å². The first kappa shape index (κ1) is 18.1. The van der Waals surface area contributed by atoms with E-state index >= 15 is 0 Å². The summed E-state index contributed by atoms with van der Waals surface area (Å²) < 4.78 is 18.7. The third-order valence-corrected chi connectivity index (χ3v) is 3.47. The molecule has 120 valence electrons. The number of hydrogen-bond donors (Lipinski definition) is 2. The molecule has 0 fully saturated rings. The molecule has 0 spiro atoms. The maximum atomic E-state index is 13.4. The number of hydrogen-bond acceptors (Lipinski definition) is 3. The number of benzene rings is 1. The van der Waals surface area contributed by atoms with Crippen LogP contribution in [0.25, 0.3) is 0 Å². The first-order valence-electron chi connectivity index (χ1n) is 7.86. The van der Waals surface area contributed by atoms with Crippen molar-refractivity contribution in [2.24, 2.45) is 0 Å². The Hall–Kier alpha value is -0.970. The van der Waals surface area contributed by atoms with Gasteiger partial charge in [0.15, 0.2) is 0 Å². The third kappa shape index (κ3) is 8.15. The van der Waals surface area contributed by atoms with Crippen LogP contribution in [-0.2, 0) is 11.3 Å². The summed E-state index contributed by atoms with van der Waals surface area (Å²) in [6, 6.07) is 6.93. The van der Waals surface area contributed by atoms with Crippen LogP contribution in [-0.4, -0.2) is 30.4 Å². The third-order valence-electron chi connectivity index (χ3n) is 3.47. The zero-order valence-corrected chi connectivity index (χ0v) is 13.1. The van der Waals surface area contributed by atoms with Crippen molar-refractivity contribution >= 4 is 0 Å². The summed E-state index contributed by atoms with van der Waals surface area (Å²) in [5.74, 6) is -0.269. The molecule has 0 aliphatic carbocycles. The monoisotopic (exact) mass is 297 g/mol. The van der Waals surface area contributed by atoms with Crippen LogP contribution in [0.5, 0.6) is 0 Å². The Labute approximate surface area is 127 Å². The number of halogens is 1. The van der Waals surface area contributed by atoms with Crippen LogP contribution in [0.2, 0.25) is 0 Å². The van der Waals surface area contributed by atoms with Crippen molar-refractivity contribution in [2.45, 2.75) is 58.3 Å². The molecule has 21 heavy (non-hydrogen) atoms. The second-order valence-corrected chi connectivity index (χ2v) is 5.57. The number of unbranched alkanes of at least 4 members (excludes halogenated alkanes) is 2. The molecule has 0 saturated carbocycles. The van der Waals surface area contributed by atoms with E-state index in [1.165, 1.54) is 25.3 Å². The smallest absolute Gasteiger partial charge is 0.128 e. The van der Waals surface area contributed by atoms with E-state index in [4.69, 9.17) is 4.74 Å². The minimum atomic E-state index is -0.564. The summed E-state index contributed by atoms with van der Waals surface area (Å²) in [6.07, 6.45) is 4.24. The highest BCUT2D eigenvalue weighted by Gasteiger charge is 2.08. The van der Waals surface area contributed by atoms with Gasteiger partial charge in [-0.2, -0.15) is 0 Å². The Kier molecular flexibility index (Phi) is 9.22. The number of rotatable bonds is 11. The molecule has 2 unspecified atom stereocenters. The topological polar surface area (TPSA) is 41.5 Å². The molecule has 1 rings (SSSR count). The highest BCUT2D eigenvalue weighted by molar-refractivity contribution is 5.16. The maximum Gasteiger partial charge on any atom is 0.128 e. The first-order valence-corrected chi connectivity index (χ1v) is 7.86. The van der Waals surface area contributed by atoms with Crippen LogP contribution >= 0.6 is 0 Å². The van der Waals surface area contributed by atoms with Gasteiger partial charge in [-0.25, -0.2) is 4.39 Å². The summed E-state index contributed by atoms with van der Waals surface area (Å²) >= 11 is 0. The number of aliphatic hydroxyl groups excluding tert-OH is 1. The molecule has 0 saturated heterocycles. The van der Waals surface area contributed by atoms with Crippen molar-refractivity contribution in [1.29, 1.82) is 0 Å². The predicted octanol–water partition coefficient (Wildman–Crippen LogP) is 3.26. The molecule has 0 radical (unpaired) electrons. The van der Waals surface area contributed by atoms with Gasteiger partial charge in [0.2, 0.25) is 0 Å². The minimum Gasteiger partial charge on any atom is -0.389 e. The first-order chi connectivity index (χ1) is 10.1. The second-order valence-electron chi connectivity index (χ2n) is 5.57. The van der Waals surface area contributed by atoms with Crippen molar-refractivity contribution < 1.29 is 14.2 Å². The van der Waals surface area contributed by atoms with E-state index in [2.05, 4.69) is 19.2 Å². The zero-order chi connectivity index (χ0) is 15.5. The van der Waals surface area contributed by atoms with Gasteiger partial charge in [-0.05, 0) is 19.4 Å². The van der Waals surface area contributed by atoms with Crippen molar-refractivity contribution in [2.75, 3.05) is 13.2 Å². The van der Waals surface area contributed by atoms with Gasteiger partial charge in [0, 0.05) is 18.2 Å². The van der Waals surface area contributed by atoms with Crippen LogP contribution < -0.4 is 5.32 Å². The van der Waals surface area contributed by atoms with Gasteiger partial charge in [0.05, 0.1) is 19.3 Å². The van der Waals surface area contributed by atoms with Gasteiger partial charge in [-0.1, -0.05) is 44.4 Å². The van der Waals surface area contributed by atoms with Crippen LogP contribution in [0.1, 0.15) is 45.1 Å². The van der Waals surface area contributed by atoms with E-state index in [-0.39, 0.29) is 19.0 Å². The highest BCUT2D eigenvalue weighted by Crippen LogP contribution is 2.08. The van der Waals surface area contributed by atoms with Gasteiger partial charge in [0.25, 0.3) is 0 Å². The van der Waals surface area contributed by atoms with Gasteiger partial charge in [-0.3, -0.25) is 0 Å². The van der Waals surface area contributed by atoms with E-state index in [1.54, 1.807) is 18.2 Å². The lowest BCUT2D eigenvalue weighted by molar-refractivity contribution is 0.0267. The molecule has 0 heterocycles. The van der Waals surface area contributed by atoms with E-state index < -0.39 is 6.10 Å². The molecular weight excluding hydrogens is 269 g/mol. The van der Waals surface area contributed by atoms with Gasteiger partial charge in [-0.15, -0.1) is 0 Å². The van der Waals surface area contributed by atoms with Crippen LogP contribution in [0, 0.1) is 5.82 Å². The largest absolute Gasteiger partial charge is 0.389 e. The summed E-state index contributed by atoms with van der Waals surface area (Å²) in [6.45, 7) is 5.22. The fraction of sp³-hybridized carbons (Fsp3) is 0.647. The number of nitrogens with one attached hydrogen (secondary N) is 1. The van der Waals surface area contributed by atoms with E-state index in [0.29, 0.717) is 18.2 Å². The van der Waals surface area contributed by atoms with Gasteiger partial charge < -0.3 is 15.2 Å². The molecule has 0 aliphatic heterocycles. The summed E-state index contributed by atoms with van der Waals surface area (Å²) in [7, 11) is 0. The fourth-order valence-corrected chi connectivity index (χ4v) is 2.12. The van der Waals surface area contributed by atoms with Crippen LogP contribution in [0.4, 0.5) is 4.39 Å². The molecule has 1 aromatic rings. The molecule has 2 atom stereocenters. The molecule has 0 bridgehead atoms. The van der Waals surface area contributed by atoms with Gasteiger partial charge >= 0.3 is 0 Å². The van der Waals surface area contributed by atoms with Crippen molar-refractivity contribution in [3.05, 3.63) is 35.6 Å². The SMILES string of the molecule is CCCCCC(C)NCC(O)COCc1ccccc1F. The lowest BCUT2D eigenvalue weighted by atomic mass is 10.1. The Balaban J connectivity index is 2.11. The van der Waals surface area contributed by atoms with Crippen molar-refractivity contribution in [3.63, 3.8) is 0 Å². The molecule has 0 aliphatic rings. The summed E-state index contributed by atoms with van der Waals surface area (Å²) in [4.78, 5) is 0. The Morgan fingerprint density at radius 1 is 1.29 bits per heavy atom. The van der Waals surface area contributed by atoms with Gasteiger partial charge in [0.1, 0.15) is 5.82 Å². The summed E-state index contributed by atoms with van der Waals surface area (Å²) in [5.41, 5.74) is 0.519. The highest BCUT2D eigenvalue weighted by atomic mass is 19.1. The Bertz CT molecular complexity index is 387. The molecule has 0 amide bonds. The van der Waals surface area contributed by atoms with E-state index in [9.17, 15) is 9.50 Å². The fourth-order valence-electron chi connectivity index (χ4n) is 2.12. The quantitative estimate of drug-likeness (QED) is 0.616. The maximum absolute atomic E-state index is 13.4. The average molecular weight is 297 g/mol. The van der Waals surface area contributed by atoms with E-state index in [1.807, 2.05) is 0 Å². The molecule has 1 aromatic carbocycles. The molecule has 4 heteroatoms. The molecular formula is C17H28FNO2. The van der Waals surface area contributed by atoms with Crippen molar-refractivity contribution in [1.82, 2.24) is 5.32 Å².